The third-order valence-electron chi connectivity index (χ3n) is 2.67. The number of aromatic amines is 1. The lowest BCUT2D eigenvalue weighted by atomic mass is 10.1. The Hall–Kier alpha value is -2.96. The van der Waals surface area contributed by atoms with E-state index in [1.807, 2.05) is 0 Å². The van der Waals surface area contributed by atoms with Crippen molar-refractivity contribution >= 4 is 17.6 Å². The van der Waals surface area contributed by atoms with Crippen molar-refractivity contribution in [3.05, 3.63) is 63.8 Å². The van der Waals surface area contributed by atoms with Crippen LogP contribution in [0.2, 0.25) is 0 Å². The lowest BCUT2D eigenvalue weighted by Gasteiger charge is -2.09. The number of amides is 1. The number of esters is 1. The van der Waals surface area contributed by atoms with Gasteiger partial charge >= 0.3 is 5.97 Å². The number of methoxy groups -OCH3 is 1. The number of benzene rings is 1. The summed E-state index contributed by atoms with van der Waals surface area (Å²) in [5.74, 6) is -1.98. The van der Waals surface area contributed by atoms with Crippen LogP contribution in [0.25, 0.3) is 0 Å². The van der Waals surface area contributed by atoms with E-state index in [2.05, 4.69) is 15.0 Å². The molecule has 6 nitrogen and oxygen atoms in total. The summed E-state index contributed by atoms with van der Waals surface area (Å²) in [5, 5.41) is 2.38. The van der Waals surface area contributed by atoms with Crippen LogP contribution >= 0.6 is 0 Å². The lowest BCUT2D eigenvalue weighted by molar-refractivity contribution is 0.0602. The molecule has 0 saturated heterocycles. The molecule has 2 aromatic rings. The van der Waals surface area contributed by atoms with E-state index in [1.54, 1.807) is 0 Å². The summed E-state index contributed by atoms with van der Waals surface area (Å²) in [5.41, 5.74) is -0.391. The molecular weight excluding hydrogens is 279 g/mol. The van der Waals surface area contributed by atoms with Gasteiger partial charge in [-0.25, -0.2) is 9.18 Å². The average Bonchev–Trinajstić information content (AvgIpc) is 2.46. The molecule has 2 rings (SSSR count). The minimum atomic E-state index is -0.712. The number of hydrogen-bond acceptors (Lipinski definition) is 4. The van der Waals surface area contributed by atoms with Gasteiger partial charge in [-0.05, 0) is 24.3 Å². The maximum atomic E-state index is 13.3. The largest absolute Gasteiger partial charge is 0.465 e. The summed E-state index contributed by atoms with van der Waals surface area (Å²) in [6.45, 7) is 0. The highest BCUT2D eigenvalue weighted by atomic mass is 19.1. The predicted molar refractivity (Wildman–Crippen MR) is 72.8 cm³/mol. The minimum absolute atomic E-state index is 0.0112. The smallest absolute Gasteiger partial charge is 0.339 e. The molecule has 0 radical (unpaired) electrons. The summed E-state index contributed by atoms with van der Waals surface area (Å²) < 4.78 is 17.8. The Morgan fingerprint density at radius 2 is 2.00 bits per heavy atom. The Morgan fingerprint density at radius 1 is 1.24 bits per heavy atom. The summed E-state index contributed by atoms with van der Waals surface area (Å²) in [6.07, 6.45) is 1.31. The van der Waals surface area contributed by atoms with Crippen LogP contribution in [0, 0.1) is 5.82 Å². The summed E-state index contributed by atoms with van der Waals surface area (Å²) in [4.78, 5) is 37.1. The first-order valence-electron chi connectivity index (χ1n) is 5.89. The Bertz CT molecular complexity index is 755. The first kappa shape index (κ1) is 14.4. The molecule has 0 saturated carbocycles. The topological polar surface area (TPSA) is 88.3 Å². The molecule has 0 spiro atoms. The van der Waals surface area contributed by atoms with Crippen molar-refractivity contribution in [3.8, 4) is 0 Å². The molecule has 0 bridgehead atoms. The second-order valence-electron chi connectivity index (χ2n) is 4.08. The first-order chi connectivity index (χ1) is 10.0. The number of carbonyl (C=O) groups excluding carboxylic acids is 2. The number of rotatable bonds is 3. The third kappa shape index (κ3) is 3.33. The Kier molecular flexibility index (Phi) is 4.13. The van der Waals surface area contributed by atoms with Crippen LogP contribution in [0.4, 0.5) is 10.1 Å². The van der Waals surface area contributed by atoms with Crippen LogP contribution in [0.15, 0.2) is 41.3 Å². The molecule has 0 unspecified atom stereocenters. The van der Waals surface area contributed by atoms with Gasteiger partial charge in [0.2, 0.25) is 5.56 Å². The fourth-order valence-electron chi connectivity index (χ4n) is 1.69. The molecule has 0 aliphatic carbocycles. The highest BCUT2D eigenvalue weighted by Gasteiger charge is 2.15. The van der Waals surface area contributed by atoms with Crippen LogP contribution < -0.4 is 10.9 Å². The number of nitrogens with one attached hydrogen (secondary N) is 2. The number of pyridine rings is 1. The maximum Gasteiger partial charge on any atom is 0.339 e. The van der Waals surface area contributed by atoms with Gasteiger partial charge in [-0.3, -0.25) is 9.59 Å². The van der Waals surface area contributed by atoms with Crippen molar-refractivity contribution in [1.82, 2.24) is 4.98 Å². The van der Waals surface area contributed by atoms with E-state index in [9.17, 15) is 18.8 Å². The van der Waals surface area contributed by atoms with E-state index in [-0.39, 0.29) is 16.8 Å². The Labute approximate surface area is 118 Å². The minimum Gasteiger partial charge on any atom is -0.465 e. The maximum absolute atomic E-state index is 13.3. The van der Waals surface area contributed by atoms with Gasteiger partial charge in [-0.2, -0.15) is 0 Å². The molecule has 0 aliphatic heterocycles. The molecule has 0 atom stereocenters. The SMILES string of the molecule is COC(=O)c1ccc(F)cc1NC(=O)c1cc[nH]c(=O)c1. The number of aromatic nitrogens is 1. The molecule has 21 heavy (non-hydrogen) atoms. The van der Waals surface area contributed by atoms with Crippen LogP contribution in [0.5, 0.6) is 0 Å². The van der Waals surface area contributed by atoms with E-state index in [0.717, 1.165) is 18.2 Å². The van der Waals surface area contributed by atoms with Gasteiger partial charge in [-0.15, -0.1) is 0 Å². The van der Waals surface area contributed by atoms with Crippen LogP contribution in [-0.2, 0) is 4.74 Å². The second kappa shape index (κ2) is 6.00. The van der Waals surface area contributed by atoms with Gasteiger partial charge in [0, 0.05) is 17.8 Å². The number of ether oxygens (including phenoxy) is 1. The third-order valence-corrected chi connectivity index (χ3v) is 2.67. The van der Waals surface area contributed by atoms with Crippen LogP contribution in [-0.4, -0.2) is 24.0 Å². The Balaban J connectivity index is 2.34. The molecule has 1 heterocycles. The molecule has 1 amide bonds. The number of halogens is 1. The normalized spacial score (nSPS) is 10.0. The van der Waals surface area contributed by atoms with Gasteiger partial charge in [0.1, 0.15) is 5.82 Å². The van der Waals surface area contributed by atoms with E-state index in [1.165, 1.54) is 25.4 Å². The van der Waals surface area contributed by atoms with Crippen molar-refractivity contribution in [3.63, 3.8) is 0 Å². The fourth-order valence-corrected chi connectivity index (χ4v) is 1.69. The number of hydrogen-bond donors (Lipinski definition) is 2. The first-order valence-corrected chi connectivity index (χ1v) is 5.89. The standard InChI is InChI=1S/C14H11FN2O4/c1-21-14(20)10-3-2-9(15)7-11(10)17-13(19)8-4-5-16-12(18)6-8/h2-7H,1H3,(H,16,18)(H,17,19). The quantitative estimate of drug-likeness (QED) is 0.839. The molecule has 108 valence electrons. The molecular formula is C14H11FN2O4. The Morgan fingerprint density at radius 3 is 2.67 bits per heavy atom. The zero-order chi connectivity index (χ0) is 15.4. The highest BCUT2D eigenvalue weighted by Crippen LogP contribution is 2.19. The van der Waals surface area contributed by atoms with E-state index >= 15 is 0 Å². The monoisotopic (exact) mass is 290 g/mol. The summed E-state index contributed by atoms with van der Waals surface area (Å²) >= 11 is 0. The highest BCUT2D eigenvalue weighted by molar-refractivity contribution is 6.07. The van der Waals surface area contributed by atoms with E-state index in [4.69, 9.17) is 0 Å². The van der Waals surface area contributed by atoms with E-state index in [0.29, 0.717) is 0 Å². The predicted octanol–water partition coefficient (Wildman–Crippen LogP) is 1.55. The fraction of sp³-hybridized carbons (Fsp3) is 0.0714. The van der Waals surface area contributed by atoms with Crippen molar-refractivity contribution in [2.75, 3.05) is 12.4 Å². The average molecular weight is 290 g/mol. The van der Waals surface area contributed by atoms with Gasteiger partial charge in [0.25, 0.3) is 5.91 Å². The zero-order valence-corrected chi connectivity index (χ0v) is 11.0. The van der Waals surface area contributed by atoms with Gasteiger partial charge in [0.15, 0.2) is 0 Å². The number of H-pyrrole nitrogens is 1. The van der Waals surface area contributed by atoms with Crippen LogP contribution in [0.3, 0.4) is 0 Å². The molecule has 1 aromatic carbocycles. The number of anilines is 1. The van der Waals surface area contributed by atoms with Crippen molar-refractivity contribution in [2.24, 2.45) is 0 Å². The second-order valence-corrected chi connectivity index (χ2v) is 4.08. The molecule has 1 aromatic heterocycles. The lowest BCUT2D eigenvalue weighted by Crippen LogP contribution is -2.18. The summed E-state index contributed by atoms with van der Waals surface area (Å²) in [7, 11) is 1.17. The van der Waals surface area contributed by atoms with E-state index < -0.39 is 23.3 Å². The van der Waals surface area contributed by atoms with Gasteiger partial charge in [-0.1, -0.05) is 0 Å². The number of carbonyl (C=O) groups is 2. The summed E-state index contributed by atoms with van der Waals surface area (Å²) in [6, 6.07) is 5.75. The molecule has 0 aliphatic rings. The molecule has 7 heteroatoms. The van der Waals surface area contributed by atoms with Gasteiger partial charge < -0.3 is 15.0 Å². The zero-order valence-electron chi connectivity index (χ0n) is 11.0. The van der Waals surface area contributed by atoms with Crippen molar-refractivity contribution in [2.45, 2.75) is 0 Å². The van der Waals surface area contributed by atoms with Crippen molar-refractivity contribution in [1.29, 1.82) is 0 Å². The van der Waals surface area contributed by atoms with Crippen LogP contribution in [0.1, 0.15) is 20.7 Å². The molecule has 0 fully saturated rings. The van der Waals surface area contributed by atoms with Crippen molar-refractivity contribution < 1.29 is 18.7 Å². The molecule has 2 N–H and O–H groups in total. The van der Waals surface area contributed by atoms with Gasteiger partial charge in [0.05, 0.1) is 18.4 Å².